The van der Waals surface area contributed by atoms with Crippen LogP contribution in [0.2, 0.25) is 0 Å². The lowest BCUT2D eigenvalue weighted by Gasteiger charge is -2.38. The van der Waals surface area contributed by atoms with Crippen molar-refractivity contribution in [3.63, 3.8) is 0 Å². The first-order valence-electron chi connectivity index (χ1n) is 8.93. The Morgan fingerprint density at radius 1 is 1.42 bits per heavy atom. The van der Waals surface area contributed by atoms with E-state index in [0.29, 0.717) is 22.5 Å². The van der Waals surface area contributed by atoms with Crippen molar-refractivity contribution in [3.05, 3.63) is 59.1 Å². The number of benzene rings is 1. The van der Waals surface area contributed by atoms with Crippen LogP contribution in [-0.2, 0) is 4.79 Å². The summed E-state index contributed by atoms with van der Waals surface area (Å²) in [5.74, 6) is 0.940. The Hall–Kier alpha value is -2.34. The Kier molecular flexibility index (Phi) is 4.68. The molecule has 3 aliphatic rings. The summed E-state index contributed by atoms with van der Waals surface area (Å²) in [5, 5.41) is 11.9. The lowest BCUT2D eigenvalue weighted by atomic mass is 9.87. The van der Waals surface area contributed by atoms with Gasteiger partial charge in [0.05, 0.1) is 5.36 Å². The molecule has 0 spiro atoms. The van der Waals surface area contributed by atoms with Crippen LogP contribution in [0.4, 0.5) is 0 Å². The second-order valence-corrected chi connectivity index (χ2v) is 7.81. The molecule has 6 heteroatoms. The summed E-state index contributed by atoms with van der Waals surface area (Å²) in [6.07, 6.45) is 7.07. The summed E-state index contributed by atoms with van der Waals surface area (Å²) < 4.78 is 0. The highest BCUT2D eigenvalue weighted by molar-refractivity contribution is 8.14. The fourth-order valence-corrected chi connectivity index (χ4v) is 4.20. The maximum absolute atomic E-state index is 12.9. The van der Waals surface area contributed by atoms with Gasteiger partial charge in [-0.25, -0.2) is 5.01 Å². The van der Waals surface area contributed by atoms with E-state index < -0.39 is 0 Å². The van der Waals surface area contributed by atoms with Gasteiger partial charge in [0, 0.05) is 16.9 Å². The molecule has 0 saturated carbocycles. The van der Waals surface area contributed by atoms with Crippen LogP contribution in [0, 0.1) is 5.92 Å². The van der Waals surface area contributed by atoms with Gasteiger partial charge in [0.1, 0.15) is 11.9 Å². The van der Waals surface area contributed by atoms with E-state index >= 15 is 0 Å². The highest BCUT2D eigenvalue weighted by Gasteiger charge is 2.37. The summed E-state index contributed by atoms with van der Waals surface area (Å²) in [7, 11) is 0. The molecule has 1 amide bonds. The van der Waals surface area contributed by atoms with Gasteiger partial charge in [-0.05, 0) is 32.3 Å². The molecule has 26 heavy (non-hydrogen) atoms. The molecule has 1 aromatic carbocycles. The molecule has 2 atom stereocenters. The van der Waals surface area contributed by atoms with E-state index in [1.165, 1.54) is 17.3 Å². The molecule has 2 aliphatic heterocycles. The minimum atomic E-state index is -0.144. The molecule has 5 nitrogen and oxygen atoms in total. The maximum Gasteiger partial charge on any atom is 0.276 e. The predicted octanol–water partition coefficient (Wildman–Crippen LogP) is 2.12. The first-order valence-corrected chi connectivity index (χ1v) is 9.91. The molecule has 0 bridgehead atoms. The van der Waals surface area contributed by atoms with Crippen LogP contribution >= 0.6 is 11.8 Å². The van der Waals surface area contributed by atoms with Gasteiger partial charge in [-0.15, -0.1) is 11.7 Å². The number of amidine groups is 1. The second-order valence-electron chi connectivity index (χ2n) is 6.80. The van der Waals surface area contributed by atoms with E-state index in [1.807, 2.05) is 29.3 Å². The van der Waals surface area contributed by atoms with E-state index in [0.717, 1.165) is 29.8 Å². The number of carbonyl (C=O) groups is 1. The molecule has 0 saturated heterocycles. The van der Waals surface area contributed by atoms with Crippen molar-refractivity contribution >= 4 is 28.5 Å². The molecule has 1 aromatic rings. The van der Waals surface area contributed by atoms with Gasteiger partial charge < -0.3 is 0 Å². The molecule has 134 valence electrons. The lowest BCUT2D eigenvalue weighted by molar-refractivity contribution is -0.116. The fourth-order valence-electron chi connectivity index (χ4n) is 3.62. The highest BCUT2D eigenvalue weighted by Crippen LogP contribution is 2.32. The van der Waals surface area contributed by atoms with Crippen LogP contribution in [-0.4, -0.2) is 28.0 Å². The first kappa shape index (κ1) is 17.1. The van der Waals surface area contributed by atoms with Crippen molar-refractivity contribution in [2.75, 3.05) is 5.75 Å². The van der Waals surface area contributed by atoms with E-state index in [9.17, 15) is 4.79 Å². The van der Waals surface area contributed by atoms with Crippen LogP contribution in [0.3, 0.4) is 0 Å². The van der Waals surface area contributed by atoms with Crippen LogP contribution in [0.1, 0.15) is 26.2 Å². The summed E-state index contributed by atoms with van der Waals surface area (Å²) >= 11 is 1.48. The van der Waals surface area contributed by atoms with Gasteiger partial charge in [-0.2, -0.15) is 0 Å². The van der Waals surface area contributed by atoms with Gasteiger partial charge in [-0.3, -0.25) is 15.1 Å². The molecule has 1 N–H and O–H groups in total. The molecule has 0 radical (unpaired) electrons. The molecule has 2 heterocycles. The van der Waals surface area contributed by atoms with Gasteiger partial charge >= 0.3 is 0 Å². The van der Waals surface area contributed by atoms with E-state index in [2.05, 4.69) is 24.9 Å². The van der Waals surface area contributed by atoms with Crippen LogP contribution < -0.4 is 15.9 Å². The van der Waals surface area contributed by atoms with E-state index in [1.54, 1.807) is 6.08 Å². The van der Waals surface area contributed by atoms with E-state index in [-0.39, 0.29) is 12.1 Å². The molecule has 4 rings (SSSR count). The standard InChI is InChI=1S/C20H22N4OS/c1-3-12-26-20-22-19(25)17-15-6-4-5-7-16(15)21-18(24(17)23-20)14-10-8-13(2)9-11-14/h3-8,14,18H,1,9-12H2,2H3,(H,22,23,25)/t14-,18+/m1/s1. The molecular formula is C20H22N4OS. The zero-order valence-corrected chi connectivity index (χ0v) is 15.6. The van der Waals surface area contributed by atoms with Crippen LogP contribution in [0.25, 0.3) is 5.70 Å². The normalized spacial score (nSPS) is 24.6. The SMILES string of the molecule is C=CCSC1=NN2C(=c3ccccc3=N[C@@H]2[C@@H]2CC=C(C)CC2)C(=O)N1. The number of allylic oxidation sites excluding steroid dienone is 2. The fraction of sp³-hybridized carbons (Fsp3) is 0.350. The molecule has 1 aliphatic carbocycles. The number of rotatable bonds is 3. The molecule has 0 fully saturated rings. The van der Waals surface area contributed by atoms with Gasteiger partial charge in [0.2, 0.25) is 0 Å². The number of hydrogen-bond donors (Lipinski definition) is 1. The smallest absolute Gasteiger partial charge is 0.276 e. The Balaban J connectivity index is 1.81. The second kappa shape index (κ2) is 7.11. The van der Waals surface area contributed by atoms with Crippen molar-refractivity contribution in [3.8, 4) is 0 Å². The Bertz CT molecular complexity index is 933. The number of para-hydroxylation sites is 1. The largest absolute Gasteiger partial charge is 0.298 e. The first-order chi connectivity index (χ1) is 12.7. The van der Waals surface area contributed by atoms with Gasteiger partial charge in [0.25, 0.3) is 5.91 Å². The number of hydrazone groups is 1. The number of carbonyl (C=O) groups excluding carboxylic acids is 1. The monoisotopic (exact) mass is 366 g/mol. The third kappa shape index (κ3) is 3.09. The van der Waals surface area contributed by atoms with Gasteiger partial charge in [-0.1, -0.05) is 47.7 Å². The third-order valence-corrected chi connectivity index (χ3v) is 5.84. The van der Waals surface area contributed by atoms with E-state index in [4.69, 9.17) is 10.1 Å². The summed E-state index contributed by atoms with van der Waals surface area (Å²) in [5.41, 5.74) is 2.04. The number of thioether (sulfide) groups is 1. The molecule has 0 aromatic heterocycles. The number of nitrogens with one attached hydrogen (secondary N) is 1. The average molecular weight is 366 g/mol. The van der Waals surface area contributed by atoms with Crippen molar-refractivity contribution < 1.29 is 4.79 Å². The zero-order valence-electron chi connectivity index (χ0n) is 14.8. The lowest BCUT2D eigenvalue weighted by Crippen LogP contribution is -2.54. The topological polar surface area (TPSA) is 57.1 Å². The average Bonchev–Trinajstić information content (AvgIpc) is 2.66. The van der Waals surface area contributed by atoms with Crippen molar-refractivity contribution in [1.29, 1.82) is 0 Å². The minimum absolute atomic E-state index is 0.110. The molecule has 0 unspecified atom stereocenters. The number of hydrogen-bond acceptors (Lipinski definition) is 5. The summed E-state index contributed by atoms with van der Waals surface area (Å²) in [6, 6.07) is 7.83. The maximum atomic E-state index is 12.9. The third-order valence-electron chi connectivity index (χ3n) is 4.98. The summed E-state index contributed by atoms with van der Waals surface area (Å²) in [6.45, 7) is 5.92. The minimum Gasteiger partial charge on any atom is -0.298 e. The zero-order chi connectivity index (χ0) is 18.1. The van der Waals surface area contributed by atoms with Gasteiger partial charge in [0.15, 0.2) is 5.17 Å². The van der Waals surface area contributed by atoms with Crippen molar-refractivity contribution in [2.24, 2.45) is 16.0 Å². The molecular weight excluding hydrogens is 344 g/mol. The number of fused-ring (bicyclic) bond motifs is 2. The van der Waals surface area contributed by atoms with Crippen molar-refractivity contribution in [2.45, 2.75) is 32.4 Å². The Morgan fingerprint density at radius 2 is 2.27 bits per heavy atom. The quantitative estimate of drug-likeness (QED) is 0.834. The number of amides is 1. The van der Waals surface area contributed by atoms with Crippen LogP contribution in [0.5, 0.6) is 0 Å². The highest BCUT2D eigenvalue weighted by atomic mass is 32.2. The van der Waals surface area contributed by atoms with Crippen molar-refractivity contribution in [1.82, 2.24) is 10.3 Å². The Morgan fingerprint density at radius 3 is 3.04 bits per heavy atom. The van der Waals surface area contributed by atoms with Crippen LogP contribution in [0.15, 0.2) is 58.7 Å². The summed E-state index contributed by atoms with van der Waals surface area (Å²) in [4.78, 5) is 17.9. The Labute approximate surface area is 157 Å². The predicted molar refractivity (Wildman–Crippen MR) is 106 cm³/mol. The number of nitrogens with zero attached hydrogens (tertiary/aromatic N) is 3.